The van der Waals surface area contributed by atoms with Gasteiger partial charge in [0, 0.05) is 42.6 Å². The lowest BCUT2D eigenvalue weighted by atomic mass is 9.95. The van der Waals surface area contributed by atoms with Gasteiger partial charge >= 0.3 is 0 Å². The van der Waals surface area contributed by atoms with Crippen molar-refractivity contribution in [3.8, 4) is 0 Å². The van der Waals surface area contributed by atoms with Crippen LogP contribution in [0.25, 0.3) is 0 Å². The quantitative estimate of drug-likeness (QED) is 0.781. The summed E-state index contributed by atoms with van der Waals surface area (Å²) in [6.07, 6.45) is 8.74. The molecule has 3 aliphatic rings. The largest absolute Gasteiger partial charge is 0.310 e. The number of allylic oxidation sites excluding steroid dienone is 2. The average molecular weight is 353 g/mol. The molecule has 0 saturated heterocycles. The van der Waals surface area contributed by atoms with Crippen molar-refractivity contribution in [1.82, 2.24) is 15.4 Å². The standard InChI is InChI=1S/C18H19N5O3/c1-10(13-8-15(26-23-13)12-3-2-6-19-12)7-14(24)17-11-4-5-16(25)22-18(11)21-9-20-17/h2,6,8-10,15,23H,3-5,7H2,1H3,(H,20,21,22,25)/t10-,15?/m0/s1. The van der Waals surface area contributed by atoms with E-state index >= 15 is 0 Å². The maximum Gasteiger partial charge on any atom is 0.225 e. The molecule has 8 heteroatoms. The Morgan fingerprint density at radius 2 is 2.27 bits per heavy atom. The highest BCUT2D eigenvalue weighted by Gasteiger charge is 2.28. The van der Waals surface area contributed by atoms with Gasteiger partial charge in [-0.25, -0.2) is 9.97 Å². The number of hydrogen-bond donors (Lipinski definition) is 2. The molecule has 8 nitrogen and oxygen atoms in total. The van der Waals surface area contributed by atoms with Gasteiger partial charge in [0.1, 0.15) is 23.9 Å². The van der Waals surface area contributed by atoms with Gasteiger partial charge in [-0.3, -0.25) is 24.9 Å². The van der Waals surface area contributed by atoms with E-state index in [1.807, 2.05) is 19.1 Å². The molecule has 0 aromatic carbocycles. The molecule has 0 bridgehead atoms. The van der Waals surface area contributed by atoms with Gasteiger partial charge in [-0.1, -0.05) is 13.0 Å². The molecule has 0 aliphatic carbocycles. The zero-order valence-corrected chi connectivity index (χ0v) is 14.4. The zero-order valence-electron chi connectivity index (χ0n) is 14.4. The van der Waals surface area contributed by atoms with Gasteiger partial charge in [-0.2, -0.15) is 0 Å². The SMILES string of the molecule is C[C@@H](CC(=O)c1ncnc2c1CCC(=O)N2)C1=CC(C2=NC=CC2)ON1. The van der Waals surface area contributed by atoms with Crippen LogP contribution in [0.3, 0.4) is 0 Å². The van der Waals surface area contributed by atoms with Gasteiger partial charge in [-0.05, 0) is 12.5 Å². The minimum atomic E-state index is -0.195. The zero-order chi connectivity index (χ0) is 18.1. The molecular weight excluding hydrogens is 334 g/mol. The molecule has 4 heterocycles. The summed E-state index contributed by atoms with van der Waals surface area (Å²) in [5.74, 6) is 0.237. The highest BCUT2D eigenvalue weighted by molar-refractivity contribution is 6.00. The minimum absolute atomic E-state index is 0.0498. The van der Waals surface area contributed by atoms with Crippen molar-refractivity contribution in [2.45, 2.75) is 38.7 Å². The number of anilines is 1. The van der Waals surface area contributed by atoms with Crippen LogP contribution in [0.1, 0.15) is 42.2 Å². The summed E-state index contributed by atoms with van der Waals surface area (Å²) in [6, 6.07) is 0. The summed E-state index contributed by atoms with van der Waals surface area (Å²) >= 11 is 0. The highest BCUT2D eigenvalue weighted by Crippen LogP contribution is 2.26. The molecule has 1 aromatic heterocycles. The van der Waals surface area contributed by atoms with E-state index in [0.29, 0.717) is 24.4 Å². The monoisotopic (exact) mass is 353 g/mol. The van der Waals surface area contributed by atoms with E-state index in [2.05, 4.69) is 25.8 Å². The van der Waals surface area contributed by atoms with Gasteiger partial charge in [0.2, 0.25) is 5.91 Å². The molecule has 26 heavy (non-hydrogen) atoms. The molecule has 1 unspecified atom stereocenters. The highest BCUT2D eigenvalue weighted by atomic mass is 16.7. The molecule has 0 saturated carbocycles. The summed E-state index contributed by atoms with van der Waals surface area (Å²) in [5.41, 5.74) is 5.85. The van der Waals surface area contributed by atoms with E-state index in [0.717, 1.165) is 23.4 Å². The second kappa shape index (κ2) is 6.80. The molecule has 1 amide bonds. The number of Topliss-reactive ketones (excluding diaryl/α,β-unsaturated/α-hetero) is 1. The van der Waals surface area contributed by atoms with Gasteiger partial charge in [0.25, 0.3) is 0 Å². The Bertz CT molecular complexity index is 858. The topological polar surface area (TPSA) is 106 Å². The second-order valence-corrected chi connectivity index (χ2v) is 6.60. The summed E-state index contributed by atoms with van der Waals surface area (Å²) in [6.45, 7) is 1.96. The molecular formula is C18H19N5O3. The third kappa shape index (κ3) is 3.15. The van der Waals surface area contributed by atoms with E-state index in [4.69, 9.17) is 4.84 Å². The molecule has 3 aliphatic heterocycles. The van der Waals surface area contributed by atoms with E-state index in [1.165, 1.54) is 6.33 Å². The van der Waals surface area contributed by atoms with Crippen molar-refractivity contribution in [1.29, 1.82) is 0 Å². The van der Waals surface area contributed by atoms with Crippen molar-refractivity contribution in [3.63, 3.8) is 0 Å². The van der Waals surface area contributed by atoms with Crippen molar-refractivity contribution in [2.24, 2.45) is 10.9 Å². The van der Waals surface area contributed by atoms with Crippen LogP contribution in [0, 0.1) is 5.92 Å². The van der Waals surface area contributed by atoms with Crippen molar-refractivity contribution < 1.29 is 14.4 Å². The van der Waals surface area contributed by atoms with Crippen LogP contribution in [0.15, 0.2) is 35.4 Å². The van der Waals surface area contributed by atoms with Crippen LogP contribution >= 0.6 is 0 Å². The number of carbonyl (C=O) groups excluding carboxylic acids is 2. The summed E-state index contributed by atoms with van der Waals surface area (Å²) in [5, 5.41) is 2.70. The number of carbonyl (C=O) groups is 2. The Labute approximate surface area is 150 Å². The summed E-state index contributed by atoms with van der Waals surface area (Å²) < 4.78 is 0. The molecule has 0 fully saturated rings. The Morgan fingerprint density at radius 3 is 3.08 bits per heavy atom. The summed E-state index contributed by atoms with van der Waals surface area (Å²) in [7, 11) is 0. The van der Waals surface area contributed by atoms with Crippen molar-refractivity contribution >= 4 is 23.2 Å². The lowest BCUT2D eigenvalue weighted by Crippen LogP contribution is -2.24. The van der Waals surface area contributed by atoms with Gasteiger partial charge < -0.3 is 5.32 Å². The van der Waals surface area contributed by atoms with Gasteiger partial charge in [-0.15, -0.1) is 0 Å². The Balaban J connectivity index is 1.46. The first kappa shape index (κ1) is 16.6. The number of hydrogen-bond acceptors (Lipinski definition) is 7. The number of aromatic nitrogens is 2. The molecule has 134 valence electrons. The van der Waals surface area contributed by atoms with Crippen LogP contribution in [-0.2, 0) is 16.1 Å². The van der Waals surface area contributed by atoms with E-state index in [1.54, 1.807) is 6.20 Å². The third-order valence-corrected chi connectivity index (χ3v) is 4.73. The number of rotatable bonds is 5. The van der Waals surface area contributed by atoms with E-state index in [-0.39, 0.29) is 30.1 Å². The summed E-state index contributed by atoms with van der Waals surface area (Å²) in [4.78, 5) is 42.3. The maximum absolute atomic E-state index is 12.8. The van der Waals surface area contributed by atoms with Crippen molar-refractivity contribution in [3.05, 3.63) is 41.6 Å². The lowest BCUT2D eigenvalue weighted by Gasteiger charge is -2.18. The fourth-order valence-electron chi connectivity index (χ4n) is 3.27. The Morgan fingerprint density at radius 1 is 1.38 bits per heavy atom. The molecule has 2 N–H and O–H groups in total. The van der Waals surface area contributed by atoms with E-state index < -0.39 is 0 Å². The lowest BCUT2D eigenvalue weighted by molar-refractivity contribution is -0.116. The molecule has 0 radical (unpaired) electrons. The van der Waals surface area contributed by atoms with Crippen LogP contribution in [0.5, 0.6) is 0 Å². The maximum atomic E-state index is 12.8. The molecule has 0 spiro atoms. The van der Waals surface area contributed by atoms with Crippen LogP contribution < -0.4 is 10.8 Å². The number of hydroxylamine groups is 1. The molecule has 4 rings (SSSR count). The number of amides is 1. The number of nitrogens with one attached hydrogen (secondary N) is 2. The Kier molecular flexibility index (Phi) is 4.34. The first-order chi connectivity index (χ1) is 12.6. The first-order valence-corrected chi connectivity index (χ1v) is 8.63. The van der Waals surface area contributed by atoms with Crippen LogP contribution in [0.4, 0.5) is 5.82 Å². The molecule has 1 aromatic rings. The fraction of sp³-hybridized carbons (Fsp3) is 0.389. The van der Waals surface area contributed by atoms with Gasteiger partial charge in [0.05, 0.1) is 5.71 Å². The third-order valence-electron chi connectivity index (χ3n) is 4.73. The van der Waals surface area contributed by atoms with Crippen LogP contribution in [0.2, 0.25) is 0 Å². The van der Waals surface area contributed by atoms with Crippen LogP contribution in [-0.4, -0.2) is 33.5 Å². The Hall–Kier alpha value is -2.87. The second-order valence-electron chi connectivity index (χ2n) is 6.60. The minimum Gasteiger partial charge on any atom is -0.310 e. The van der Waals surface area contributed by atoms with Gasteiger partial charge in [0.15, 0.2) is 5.78 Å². The number of aliphatic imine (C=N–C) groups is 1. The first-order valence-electron chi connectivity index (χ1n) is 8.63. The van der Waals surface area contributed by atoms with E-state index in [9.17, 15) is 9.59 Å². The average Bonchev–Trinajstić information content (AvgIpc) is 3.32. The number of ketones is 1. The number of fused-ring (bicyclic) bond motifs is 1. The predicted molar refractivity (Wildman–Crippen MR) is 94.4 cm³/mol. The van der Waals surface area contributed by atoms with Crippen molar-refractivity contribution in [2.75, 3.05) is 5.32 Å². The normalized spacial score (nSPS) is 22.2. The number of nitrogens with zero attached hydrogens (tertiary/aromatic N) is 3. The smallest absolute Gasteiger partial charge is 0.225 e. The molecule has 2 atom stereocenters. The fourth-order valence-corrected chi connectivity index (χ4v) is 3.27. The predicted octanol–water partition coefficient (Wildman–Crippen LogP) is 1.72.